The second-order valence-corrected chi connectivity index (χ2v) is 11.0. The largest absolute Gasteiger partial charge is 0.329 e. The molecule has 0 aliphatic rings. The minimum Gasteiger partial charge on any atom is -0.329 e. The first-order valence-electron chi connectivity index (χ1n) is 12.1. The van der Waals surface area contributed by atoms with Gasteiger partial charge < -0.3 is 9.47 Å². The molecule has 0 radical (unpaired) electrons. The standard InChI is InChI=1S/C30H31N3O3S/c1-4-18-32(29(34)28-17-11-9-13-24(28)3)21-27-19-31-30(33(27)20-25-14-6-5-7-15-25)37(35,36)22-26-16-10-8-12-23(26)2/h4-17,19H,1,18,20-22H2,2-3H3. The van der Waals surface area contributed by atoms with E-state index >= 15 is 0 Å². The number of amides is 1. The Balaban J connectivity index is 1.74. The minimum absolute atomic E-state index is 0.00324. The molecule has 0 fully saturated rings. The predicted molar refractivity (Wildman–Crippen MR) is 146 cm³/mol. The molecule has 6 nitrogen and oxygen atoms in total. The maximum Gasteiger partial charge on any atom is 0.254 e. The van der Waals surface area contributed by atoms with Crippen LogP contribution in [0, 0.1) is 13.8 Å². The van der Waals surface area contributed by atoms with Crippen molar-refractivity contribution in [2.45, 2.75) is 37.8 Å². The number of hydrogen-bond donors (Lipinski definition) is 0. The Bertz CT molecular complexity index is 1510. The van der Waals surface area contributed by atoms with Crippen LogP contribution in [-0.4, -0.2) is 35.3 Å². The molecule has 0 atom stereocenters. The van der Waals surface area contributed by atoms with Crippen molar-refractivity contribution in [2.24, 2.45) is 0 Å². The molecule has 37 heavy (non-hydrogen) atoms. The van der Waals surface area contributed by atoms with Crippen LogP contribution in [0.1, 0.15) is 38.3 Å². The number of carbonyl (C=O) groups excluding carboxylic acids is 1. The summed E-state index contributed by atoms with van der Waals surface area (Å²) in [6.45, 7) is 8.44. The Morgan fingerprint density at radius 1 is 0.946 bits per heavy atom. The summed E-state index contributed by atoms with van der Waals surface area (Å²) in [7, 11) is -3.76. The van der Waals surface area contributed by atoms with Gasteiger partial charge in [0.05, 0.1) is 30.7 Å². The molecule has 0 aliphatic carbocycles. The first kappa shape index (κ1) is 26.1. The molecule has 7 heteroatoms. The fourth-order valence-corrected chi connectivity index (χ4v) is 5.89. The van der Waals surface area contributed by atoms with E-state index in [9.17, 15) is 13.2 Å². The molecule has 190 valence electrons. The van der Waals surface area contributed by atoms with E-state index in [0.717, 1.165) is 22.3 Å². The number of aryl methyl sites for hydroxylation is 2. The number of hydrogen-bond acceptors (Lipinski definition) is 4. The molecule has 0 spiro atoms. The number of benzene rings is 3. The topological polar surface area (TPSA) is 72.3 Å². The van der Waals surface area contributed by atoms with Gasteiger partial charge in [-0.15, -0.1) is 6.58 Å². The summed E-state index contributed by atoms with van der Waals surface area (Å²) >= 11 is 0. The van der Waals surface area contributed by atoms with Gasteiger partial charge in [0.15, 0.2) is 0 Å². The summed E-state index contributed by atoms with van der Waals surface area (Å²) in [4.78, 5) is 19.5. The maximum absolute atomic E-state index is 13.6. The summed E-state index contributed by atoms with van der Waals surface area (Å²) < 4.78 is 28.9. The number of nitrogens with zero attached hydrogens (tertiary/aromatic N) is 3. The Morgan fingerprint density at radius 3 is 2.27 bits per heavy atom. The van der Waals surface area contributed by atoms with Crippen molar-refractivity contribution in [1.29, 1.82) is 0 Å². The van der Waals surface area contributed by atoms with E-state index in [4.69, 9.17) is 0 Å². The van der Waals surface area contributed by atoms with Gasteiger partial charge in [0.1, 0.15) is 0 Å². The molecule has 4 aromatic rings. The smallest absolute Gasteiger partial charge is 0.254 e. The van der Waals surface area contributed by atoms with Crippen LogP contribution >= 0.6 is 0 Å². The van der Waals surface area contributed by atoms with Gasteiger partial charge >= 0.3 is 0 Å². The number of aromatic nitrogens is 2. The average Bonchev–Trinajstić information content (AvgIpc) is 3.28. The maximum atomic E-state index is 13.6. The number of carbonyl (C=O) groups is 1. The normalized spacial score (nSPS) is 11.3. The fraction of sp³-hybridized carbons (Fsp3) is 0.200. The van der Waals surface area contributed by atoms with Crippen molar-refractivity contribution in [3.8, 4) is 0 Å². The lowest BCUT2D eigenvalue weighted by Gasteiger charge is -2.23. The van der Waals surface area contributed by atoms with Crippen molar-refractivity contribution in [3.05, 3.63) is 131 Å². The van der Waals surface area contributed by atoms with Crippen LogP contribution in [0.25, 0.3) is 0 Å². The third-order valence-electron chi connectivity index (χ3n) is 6.34. The molecule has 0 saturated heterocycles. The highest BCUT2D eigenvalue weighted by atomic mass is 32.2. The van der Waals surface area contributed by atoms with Crippen LogP contribution in [0.4, 0.5) is 0 Å². The van der Waals surface area contributed by atoms with Gasteiger partial charge in [-0.1, -0.05) is 78.9 Å². The zero-order chi connectivity index (χ0) is 26.4. The molecule has 0 unspecified atom stereocenters. The number of sulfone groups is 1. The zero-order valence-electron chi connectivity index (χ0n) is 21.2. The van der Waals surface area contributed by atoms with Crippen LogP contribution in [0.15, 0.2) is 103 Å². The summed E-state index contributed by atoms with van der Waals surface area (Å²) in [6, 6.07) is 24.5. The molecule has 0 N–H and O–H groups in total. The molecule has 1 amide bonds. The SMILES string of the molecule is C=CCN(Cc1cnc(S(=O)(=O)Cc2ccccc2C)n1Cc1ccccc1)C(=O)c1ccccc1C. The lowest BCUT2D eigenvalue weighted by molar-refractivity contribution is 0.0758. The van der Waals surface area contributed by atoms with Crippen molar-refractivity contribution in [2.75, 3.05) is 6.54 Å². The second-order valence-electron chi connectivity index (χ2n) is 9.08. The Kier molecular flexibility index (Phi) is 8.04. The van der Waals surface area contributed by atoms with Crippen LogP contribution in [0.3, 0.4) is 0 Å². The van der Waals surface area contributed by atoms with Gasteiger partial charge in [0, 0.05) is 12.1 Å². The van der Waals surface area contributed by atoms with Crippen molar-refractivity contribution in [1.82, 2.24) is 14.5 Å². The zero-order valence-corrected chi connectivity index (χ0v) is 22.0. The lowest BCUT2D eigenvalue weighted by atomic mass is 10.1. The highest BCUT2D eigenvalue weighted by Gasteiger charge is 2.26. The van der Waals surface area contributed by atoms with E-state index in [1.807, 2.05) is 86.6 Å². The second kappa shape index (κ2) is 11.4. The molecule has 4 rings (SSSR count). The lowest BCUT2D eigenvalue weighted by Crippen LogP contribution is -2.32. The van der Waals surface area contributed by atoms with E-state index in [0.29, 0.717) is 24.3 Å². The Hall–Kier alpha value is -3.97. The van der Waals surface area contributed by atoms with Gasteiger partial charge in [-0.25, -0.2) is 13.4 Å². The van der Waals surface area contributed by atoms with E-state index in [1.165, 1.54) is 0 Å². The molecular formula is C30H31N3O3S. The summed E-state index contributed by atoms with van der Waals surface area (Å²) in [6.07, 6.45) is 3.23. The van der Waals surface area contributed by atoms with Crippen LogP contribution in [0.2, 0.25) is 0 Å². The van der Waals surface area contributed by atoms with Crippen LogP contribution < -0.4 is 0 Å². The summed E-state index contributed by atoms with van der Waals surface area (Å²) in [5, 5.41) is -0.00324. The third kappa shape index (κ3) is 6.06. The third-order valence-corrected chi connectivity index (χ3v) is 7.91. The average molecular weight is 514 g/mol. The van der Waals surface area contributed by atoms with Crippen LogP contribution in [0.5, 0.6) is 0 Å². The van der Waals surface area contributed by atoms with Crippen molar-refractivity contribution in [3.63, 3.8) is 0 Å². The summed E-state index contributed by atoms with van der Waals surface area (Å²) in [5.41, 5.74) is 4.70. The predicted octanol–water partition coefficient (Wildman–Crippen LogP) is 5.35. The fourth-order valence-electron chi connectivity index (χ4n) is 4.30. The number of rotatable bonds is 10. The molecule has 1 aromatic heterocycles. The highest BCUT2D eigenvalue weighted by Crippen LogP contribution is 2.22. The monoisotopic (exact) mass is 513 g/mol. The van der Waals surface area contributed by atoms with Gasteiger partial charge in [-0.3, -0.25) is 4.79 Å². The van der Waals surface area contributed by atoms with Gasteiger partial charge in [-0.05, 0) is 42.2 Å². The van der Waals surface area contributed by atoms with Gasteiger partial charge in [0.2, 0.25) is 15.0 Å². The van der Waals surface area contributed by atoms with Gasteiger partial charge in [-0.2, -0.15) is 0 Å². The van der Waals surface area contributed by atoms with E-state index in [2.05, 4.69) is 11.6 Å². The quantitative estimate of drug-likeness (QED) is 0.268. The minimum atomic E-state index is -3.76. The molecule has 0 saturated carbocycles. The summed E-state index contributed by atoms with van der Waals surface area (Å²) in [5.74, 6) is -0.293. The number of imidazole rings is 1. The molecule has 0 aliphatic heterocycles. The van der Waals surface area contributed by atoms with Crippen molar-refractivity contribution < 1.29 is 13.2 Å². The van der Waals surface area contributed by atoms with Crippen molar-refractivity contribution >= 4 is 15.7 Å². The van der Waals surface area contributed by atoms with E-state index in [1.54, 1.807) is 27.8 Å². The van der Waals surface area contributed by atoms with E-state index in [-0.39, 0.29) is 23.4 Å². The van der Waals surface area contributed by atoms with E-state index < -0.39 is 9.84 Å². The van der Waals surface area contributed by atoms with Gasteiger partial charge in [0.25, 0.3) is 5.91 Å². The molecule has 1 heterocycles. The molecule has 3 aromatic carbocycles. The van der Waals surface area contributed by atoms with Crippen LogP contribution in [-0.2, 0) is 28.7 Å². The molecular weight excluding hydrogens is 482 g/mol. The highest BCUT2D eigenvalue weighted by molar-refractivity contribution is 7.90. The molecule has 0 bridgehead atoms. The Morgan fingerprint density at radius 2 is 1.59 bits per heavy atom. The first-order valence-corrected chi connectivity index (χ1v) is 13.8. The first-order chi connectivity index (χ1) is 17.8. The Labute approximate surface area is 218 Å².